The summed E-state index contributed by atoms with van der Waals surface area (Å²) in [6, 6.07) is 6.72. The minimum absolute atomic E-state index is 0.0582. The maximum Gasteiger partial charge on any atom is 0.0414 e. The van der Waals surface area contributed by atoms with Gasteiger partial charge in [0.25, 0.3) is 0 Å². The molecule has 0 radical (unpaired) electrons. The summed E-state index contributed by atoms with van der Waals surface area (Å²) in [5.41, 5.74) is 10.9. The fourth-order valence-electron chi connectivity index (χ4n) is 2.65. The summed E-state index contributed by atoms with van der Waals surface area (Å²) in [5.74, 6) is 0. The average Bonchev–Trinajstić information content (AvgIpc) is 2.97. The number of fused-ring (bicyclic) bond motifs is 1. The molecule has 1 saturated carbocycles. The van der Waals surface area contributed by atoms with Crippen LogP contribution in [-0.4, -0.2) is 0 Å². The van der Waals surface area contributed by atoms with Gasteiger partial charge in [-0.3, -0.25) is 0 Å². The van der Waals surface area contributed by atoms with Crippen LogP contribution in [0.3, 0.4) is 0 Å². The van der Waals surface area contributed by atoms with Crippen LogP contribution in [0, 0.1) is 0 Å². The smallest absolute Gasteiger partial charge is 0.0414 e. The molecule has 1 nitrogen and oxygen atoms in total. The largest absolute Gasteiger partial charge is 0.321 e. The van der Waals surface area contributed by atoms with Crippen molar-refractivity contribution in [1.29, 1.82) is 0 Å². The third kappa shape index (κ3) is 1.19. The van der Waals surface area contributed by atoms with E-state index in [-0.39, 0.29) is 5.54 Å². The first-order chi connectivity index (χ1) is 6.80. The molecule has 1 aromatic carbocycles. The number of hydrogen-bond acceptors (Lipinski definition) is 1. The molecule has 0 unspecified atom stereocenters. The van der Waals surface area contributed by atoms with Gasteiger partial charge < -0.3 is 5.73 Å². The van der Waals surface area contributed by atoms with E-state index in [9.17, 15) is 0 Å². The molecule has 0 aromatic heterocycles. The summed E-state index contributed by atoms with van der Waals surface area (Å²) in [6.07, 6.45) is 7.59. The zero-order valence-corrected chi connectivity index (χ0v) is 8.55. The zero-order valence-electron chi connectivity index (χ0n) is 8.55. The van der Waals surface area contributed by atoms with Gasteiger partial charge in [-0.2, -0.15) is 0 Å². The van der Waals surface area contributed by atoms with E-state index < -0.39 is 0 Å². The van der Waals surface area contributed by atoms with Crippen molar-refractivity contribution in [2.24, 2.45) is 5.73 Å². The molecule has 2 aliphatic carbocycles. The molecule has 0 atom stereocenters. The van der Waals surface area contributed by atoms with Crippen LogP contribution in [0.2, 0.25) is 0 Å². The molecule has 0 heterocycles. The van der Waals surface area contributed by atoms with Gasteiger partial charge in [-0.15, -0.1) is 0 Å². The van der Waals surface area contributed by atoms with Crippen molar-refractivity contribution in [3.8, 4) is 0 Å². The minimum Gasteiger partial charge on any atom is -0.321 e. The lowest BCUT2D eigenvalue weighted by Gasteiger charge is -2.22. The van der Waals surface area contributed by atoms with Gasteiger partial charge in [0.2, 0.25) is 0 Å². The normalized spacial score (nSPS) is 22.9. The lowest BCUT2D eigenvalue weighted by atomic mass is 9.85. The van der Waals surface area contributed by atoms with Crippen LogP contribution in [0.4, 0.5) is 0 Å². The molecular formula is C13H17N. The molecule has 0 saturated heterocycles. The average molecular weight is 187 g/mol. The molecule has 2 N–H and O–H groups in total. The Balaban J connectivity index is 2.11. The highest BCUT2D eigenvalue weighted by atomic mass is 14.8. The van der Waals surface area contributed by atoms with Gasteiger partial charge in [-0.25, -0.2) is 0 Å². The summed E-state index contributed by atoms with van der Waals surface area (Å²) < 4.78 is 0. The Morgan fingerprint density at radius 1 is 1.07 bits per heavy atom. The molecule has 2 aliphatic rings. The van der Waals surface area contributed by atoms with Gasteiger partial charge in [0.15, 0.2) is 0 Å². The Kier molecular flexibility index (Phi) is 1.72. The molecule has 0 amide bonds. The van der Waals surface area contributed by atoms with Crippen molar-refractivity contribution >= 4 is 0 Å². The van der Waals surface area contributed by atoms with E-state index in [1.165, 1.54) is 44.1 Å². The van der Waals surface area contributed by atoms with Crippen LogP contribution in [-0.2, 0) is 18.4 Å². The molecule has 0 bridgehead atoms. The number of benzene rings is 1. The molecule has 74 valence electrons. The van der Waals surface area contributed by atoms with E-state index in [1.807, 2.05) is 0 Å². The van der Waals surface area contributed by atoms with E-state index in [4.69, 9.17) is 5.73 Å². The molecule has 3 rings (SSSR count). The van der Waals surface area contributed by atoms with E-state index in [1.54, 1.807) is 11.1 Å². The second-order valence-corrected chi connectivity index (χ2v) is 4.81. The molecule has 0 aliphatic heterocycles. The third-order valence-electron chi connectivity index (χ3n) is 3.72. The second-order valence-electron chi connectivity index (χ2n) is 4.81. The molecule has 1 fully saturated rings. The predicted octanol–water partition coefficient (Wildman–Crippen LogP) is 2.51. The fourth-order valence-corrected chi connectivity index (χ4v) is 2.65. The lowest BCUT2D eigenvalue weighted by molar-refractivity contribution is 0.651. The van der Waals surface area contributed by atoms with Crippen molar-refractivity contribution in [2.75, 3.05) is 0 Å². The summed E-state index contributed by atoms with van der Waals surface area (Å²) in [6.45, 7) is 0. The van der Waals surface area contributed by atoms with Gasteiger partial charge >= 0.3 is 0 Å². The highest BCUT2D eigenvalue weighted by Crippen LogP contribution is 2.45. The quantitative estimate of drug-likeness (QED) is 0.718. The van der Waals surface area contributed by atoms with Crippen molar-refractivity contribution in [2.45, 2.75) is 44.1 Å². The molecular weight excluding hydrogens is 170 g/mol. The Bertz CT molecular complexity index is 363. The first-order valence-corrected chi connectivity index (χ1v) is 5.70. The van der Waals surface area contributed by atoms with Gasteiger partial charge in [-0.05, 0) is 55.2 Å². The third-order valence-corrected chi connectivity index (χ3v) is 3.72. The molecule has 1 aromatic rings. The van der Waals surface area contributed by atoms with E-state index >= 15 is 0 Å². The molecule has 1 heteroatoms. The number of aryl methyl sites for hydroxylation is 1. The molecule has 14 heavy (non-hydrogen) atoms. The summed E-state index contributed by atoms with van der Waals surface area (Å²) in [7, 11) is 0. The van der Waals surface area contributed by atoms with Crippen LogP contribution in [0.15, 0.2) is 18.2 Å². The van der Waals surface area contributed by atoms with E-state index in [2.05, 4.69) is 18.2 Å². The summed E-state index contributed by atoms with van der Waals surface area (Å²) >= 11 is 0. The van der Waals surface area contributed by atoms with Crippen molar-refractivity contribution in [1.82, 2.24) is 0 Å². The zero-order chi connectivity index (χ0) is 9.60. The first-order valence-electron chi connectivity index (χ1n) is 5.70. The van der Waals surface area contributed by atoms with Crippen LogP contribution >= 0.6 is 0 Å². The topological polar surface area (TPSA) is 26.0 Å². The van der Waals surface area contributed by atoms with Crippen LogP contribution < -0.4 is 5.73 Å². The monoisotopic (exact) mass is 187 g/mol. The minimum atomic E-state index is 0.0582. The lowest BCUT2D eigenvalue weighted by Crippen LogP contribution is -2.22. The second kappa shape index (κ2) is 2.83. The standard InChI is InChI=1S/C13H17N/c14-13(8-9-13)12-7-3-5-10-4-1-2-6-11(10)12/h3,5,7H,1-2,4,6,8-9,14H2. The van der Waals surface area contributed by atoms with Crippen LogP contribution in [0.25, 0.3) is 0 Å². The van der Waals surface area contributed by atoms with Gasteiger partial charge in [0.05, 0.1) is 0 Å². The van der Waals surface area contributed by atoms with Crippen molar-refractivity contribution in [3.63, 3.8) is 0 Å². The SMILES string of the molecule is NC1(c2cccc3c2CCCC3)CC1. The van der Waals surface area contributed by atoms with Crippen molar-refractivity contribution in [3.05, 3.63) is 34.9 Å². The van der Waals surface area contributed by atoms with E-state index in [0.29, 0.717) is 0 Å². The van der Waals surface area contributed by atoms with E-state index in [0.717, 1.165) is 0 Å². The Morgan fingerprint density at radius 2 is 1.86 bits per heavy atom. The predicted molar refractivity (Wildman–Crippen MR) is 58.2 cm³/mol. The van der Waals surface area contributed by atoms with Crippen LogP contribution in [0.5, 0.6) is 0 Å². The fraction of sp³-hybridized carbons (Fsp3) is 0.538. The summed E-state index contributed by atoms with van der Waals surface area (Å²) in [4.78, 5) is 0. The number of rotatable bonds is 1. The number of nitrogens with two attached hydrogens (primary N) is 1. The first kappa shape index (κ1) is 8.49. The Hall–Kier alpha value is -0.820. The highest BCUT2D eigenvalue weighted by Gasteiger charge is 2.41. The Labute approximate surface area is 85.3 Å². The van der Waals surface area contributed by atoms with Gasteiger partial charge in [0, 0.05) is 5.54 Å². The molecule has 0 spiro atoms. The number of hydrogen-bond donors (Lipinski definition) is 1. The summed E-state index contributed by atoms with van der Waals surface area (Å²) in [5, 5.41) is 0. The maximum atomic E-state index is 6.29. The van der Waals surface area contributed by atoms with Gasteiger partial charge in [0.1, 0.15) is 0 Å². The van der Waals surface area contributed by atoms with Crippen LogP contribution in [0.1, 0.15) is 42.4 Å². The highest BCUT2D eigenvalue weighted by molar-refractivity contribution is 5.43. The van der Waals surface area contributed by atoms with Crippen molar-refractivity contribution < 1.29 is 0 Å². The Morgan fingerprint density at radius 3 is 2.64 bits per heavy atom. The maximum absolute atomic E-state index is 6.29. The van der Waals surface area contributed by atoms with Gasteiger partial charge in [-0.1, -0.05) is 18.2 Å².